The van der Waals surface area contributed by atoms with Crippen LogP contribution < -0.4 is 0 Å². The van der Waals surface area contributed by atoms with Gasteiger partial charge in [-0.1, -0.05) is 0 Å². The van der Waals surface area contributed by atoms with Crippen molar-refractivity contribution in [1.29, 1.82) is 0 Å². The predicted molar refractivity (Wildman–Crippen MR) is 60.8 cm³/mol. The molecule has 2 unspecified atom stereocenters. The fourth-order valence-corrected chi connectivity index (χ4v) is 2.20. The zero-order valence-electron chi connectivity index (χ0n) is 10.2. The van der Waals surface area contributed by atoms with Gasteiger partial charge in [0.2, 0.25) is 0 Å². The SMILES string of the molecule is Cc1oc(C)c(C(=O)N2CC(O)C(O)C2)c1C. The van der Waals surface area contributed by atoms with Crippen molar-refractivity contribution in [2.24, 2.45) is 0 Å². The first-order valence-electron chi connectivity index (χ1n) is 5.63. The standard InChI is InChI=1S/C12H17NO4/c1-6-7(2)17-8(3)11(6)12(16)13-4-9(14)10(15)5-13/h9-10,14-15H,4-5H2,1-3H3. The summed E-state index contributed by atoms with van der Waals surface area (Å²) in [6.45, 7) is 5.73. The van der Waals surface area contributed by atoms with E-state index in [1.165, 1.54) is 4.90 Å². The molecule has 1 fully saturated rings. The number of aliphatic hydroxyl groups excluding tert-OH is 2. The first-order chi connectivity index (χ1) is 7.91. The van der Waals surface area contributed by atoms with Crippen molar-refractivity contribution in [1.82, 2.24) is 4.90 Å². The average Bonchev–Trinajstić information content (AvgIpc) is 2.70. The van der Waals surface area contributed by atoms with Gasteiger partial charge in [0.25, 0.3) is 5.91 Å². The maximum Gasteiger partial charge on any atom is 0.257 e. The Labute approximate surface area is 99.6 Å². The number of furan rings is 1. The highest BCUT2D eigenvalue weighted by Crippen LogP contribution is 2.24. The zero-order chi connectivity index (χ0) is 12.7. The normalized spacial score (nSPS) is 24.4. The minimum Gasteiger partial charge on any atom is -0.466 e. The van der Waals surface area contributed by atoms with Crippen LogP contribution in [0.1, 0.15) is 27.4 Å². The van der Waals surface area contributed by atoms with Crippen molar-refractivity contribution in [3.05, 3.63) is 22.6 Å². The smallest absolute Gasteiger partial charge is 0.257 e. The van der Waals surface area contributed by atoms with E-state index in [0.29, 0.717) is 11.3 Å². The molecule has 5 heteroatoms. The second-order valence-corrected chi connectivity index (χ2v) is 4.56. The van der Waals surface area contributed by atoms with Gasteiger partial charge >= 0.3 is 0 Å². The van der Waals surface area contributed by atoms with E-state index in [4.69, 9.17) is 4.42 Å². The van der Waals surface area contributed by atoms with Gasteiger partial charge in [0.1, 0.15) is 11.5 Å². The lowest BCUT2D eigenvalue weighted by Crippen LogP contribution is -2.30. The summed E-state index contributed by atoms with van der Waals surface area (Å²) in [6.07, 6.45) is -1.71. The molecular weight excluding hydrogens is 222 g/mol. The van der Waals surface area contributed by atoms with E-state index in [1.54, 1.807) is 6.92 Å². The highest BCUT2D eigenvalue weighted by Gasteiger charge is 2.34. The monoisotopic (exact) mass is 239 g/mol. The molecule has 0 saturated carbocycles. The van der Waals surface area contributed by atoms with Gasteiger partial charge in [-0.2, -0.15) is 0 Å². The van der Waals surface area contributed by atoms with Crippen LogP contribution in [0.25, 0.3) is 0 Å². The molecule has 1 aliphatic rings. The summed E-state index contributed by atoms with van der Waals surface area (Å²) in [7, 11) is 0. The topological polar surface area (TPSA) is 73.9 Å². The molecule has 1 saturated heterocycles. The molecule has 0 spiro atoms. The van der Waals surface area contributed by atoms with E-state index >= 15 is 0 Å². The maximum atomic E-state index is 12.2. The number of hydrogen-bond acceptors (Lipinski definition) is 4. The van der Waals surface area contributed by atoms with E-state index < -0.39 is 12.2 Å². The lowest BCUT2D eigenvalue weighted by molar-refractivity contribution is 0.0572. The van der Waals surface area contributed by atoms with Crippen LogP contribution in [-0.4, -0.2) is 46.3 Å². The third kappa shape index (κ3) is 1.96. The number of likely N-dealkylation sites (tertiary alicyclic amines) is 1. The number of aryl methyl sites for hydroxylation is 2. The quantitative estimate of drug-likeness (QED) is 0.743. The molecule has 1 aromatic rings. The molecule has 1 aromatic heterocycles. The third-order valence-corrected chi connectivity index (χ3v) is 3.32. The molecule has 5 nitrogen and oxygen atoms in total. The summed E-state index contributed by atoms with van der Waals surface area (Å²) in [6, 6.07) is 0. The average molecular weight is 239 g/mol. The fraction of sp³-hybridized carbons (Fsp3) is 0.583. The van der Waals surface area contributed by atoms with Crippen molar-refractivity contribution in [2.45, 2.75) is 33.0 Å². The number of aliphatic hydroxyl groups is 2. The maximum absolute atomic E-state index is 12.2. The van der Waals surface area contributed by atoms with E-state index in [9.17, 15) is 15.0 Å². The summed E-state index contributed by atoms with van der Waals surface area (Å²) in [5.74, 6) is 1.12. The summed E-state index contributed by atoms with van der Waals surface area (Å²) in [5.41, 5.74) is 1.37. The van der Waals surface area contributed by atoms with Gasteiger partial charge in [-0.25, -0.2) is 0 Å². The van der Waals surface area contributed by atoms with Crippen LogP contribution in [0, 0.1) is 20.8 Å². The minimum atomic E-state index is -0.854. The van der Waals surface area contributed by atoms with Gasteiger partial charge in [-0.05, 0) is 20.8 Å². The van der Waals surface area contributed by atoms with Gasteiger partial charge in [0.15, 0.2) is 0 Å². The van der Waals surface area contributed by atoms with Crippen LogP contribution >= 0.6 is 0 Å². The molecule has 0 aliphatic carbocycles. The van der Waals surface area contributed by atoms with Gasteiger partial charge in [0.05, 0.1) is 17.8 Å². The number of amides is 1. The Morgan fingerprint density at radius 3 is 2.12 bits per heavy atom. The van der Waals surface area contributed by atoms with Gasteiger partial charge in [0, 0.05) is 18.7 Å². The van der Waals surface area contributed by atoms with E-state index in [0.717, 1.165) is 11.3 Å². The molecule has 17 heavy (non-hydrogen) atoms. The van der Waals surface area contributed by atoms with Crippen molar-refractivity contribution < 1.29 is 19.4 Å². The van der Waals surface area contributed by atoms with E-state index in [-0.39, 0.29) is 19.0 Å². The van der Waals surface area contributed by atoms with Crippen LogP contribution in [0.3, 0.4) is 0 Å². The van der Waals surface area contributed by atoms with Crippen molar-refractivity contribution in [3.63, 3.8) is 0 Å². The number of carbonyl (C=O) groups excluding carboxylic acids is 1. The van der Waals surface area contributed by atoms with E-state index in [1.807, 2.05) is 13.8 Å². The molecule has 0 bridgehead atoms. The van der Waals surface area contributed by atoms with Gasteiger partial charge < -0.3 is 19.5 Å². The molecule has 1 aliphatic heterocycles. The lowest BCUT2D eigenvalue weighted by Gasteiger charge is -2.15. The molecule has 0 radical (unpaired) electrons. The summed E-state index contributed by atoms with van der Waals surface area (Å²) in [5, 5.41) is 18.9. The number of carbonyl (C=O) groups is 1. The van der Waals surface area contributed by atoms with Crippen LogP contribution in [0.2, 0.25) is 0 Å². The molecule has 2 atom stereocenters. The van der Waals surface area contributed by atoms with Crippen LogP contribution in [0.5, 0.6) is 0 Å². The predicted octanol–water partition coefficient (Wildman–Crippen LogP) is 0.382. The third-order valence-electron chi connectivity index (χ3n) is 3.32. The molecule has 2 heterocycles. The Bertz CT molecular complexity index is 442. The number of rotatable bonds is 1. The lowest BCUT2D eigenvalue weighted by atomic mass is 10.1. The van der Waals surface area contributed by atoms with Crippen molar-refractivity contribution in [2.75, 3.05) is 13.1 Å². The molecule has 1 amide bonds. The van der Waals surface area contributed by atoms with Gasteiger partial charge in [-0.15, -0.1) is 0 Å². The Kier molecular flexibility index (Phi) is 2.97. The van der Waals surface area contributed by atoms with Crippen LogP contribution in [0.15, 0.2) is 4.42 Å². The molecule has 0 aromatic carbocycles. The van der Waals surface area contributed by atoms with Crippen molar-refractivity contribution in [3.8, 4) is 0 Å². The largest absolute Gasteiger partial charge is 0.466 e. The minimum absolute atomic E-state index is 0.170. The molecule has 2 N–H and O–H groups in total. The Morgan fingerprint density at radius 2 is 1.71 bits per heavy atom. The van der Waals surface area contributed by atoms with Crippen molar-refractivity contribution >= 4 is 5.91 Å². The summed E-state index contributed by atoms with van der Waals surface area (Å²) in [4.78, 5) is 13.7. The second kappa shape index (κ2) is 4.16. The Balaban J connectivity index is 2.26. The fourth-order valence-electron chi connectivity index (χ4n) is 2.20. The number of nitrogens with zero attached hydrogens (tertiary/aromatic N) is 1. The van der Waals surface area contributed by atoms with E-state index in [2.05, 4.69) is 0 Å². The number of hydrogen-bond donors (Lipinski definition) is 2. The zero-order valence-corrected chi connectivity index (χ0v) is 10.2. The summed E-state index contributed by atoms with van der Waals surface area (Å²) >= 11 is 0. The Hall–Kier alpha value is -1.33. The Morgan fingerprint density at radius 1 is 1.18 bits per heavy atom. The number of β-amino-alcohol motifs (C(OH)–C–C–N with tert-alkyl or cyclic N) is 2. The van der Waals surface area contributed by atoms with Gasteiger partial charge in [-0.3, -0.25) is 4.79 Å². The second-order valence-electron chi connectivity index (χ2n) is 4.56. The summed E-state index contributed by atoms with van der Waals surface area (Å²) < 4.78 is 5.41. The van der Waals surface area contributed by atoms with Crippen LogP contribution in [-0.2, 0) is 0 Å². The first-order valence-corrected chi connectivity index (χ1v) is 5.63. The molecule has 94 valence electrons. The first kappa shape index (κ1) is 12.1. The molecule has 2 rings (SSSR count). The van der Waals surface area contributed by atoms with Crippen LogP contribution in [0.4, 0.5) is 0 Å². The highest BCUT2D eigenvalue weighted by molar-refractivity contribution is 5.97. The highest BCUT2D eigenvalue weighted by atomic mass is 16.3. The molecular formula is C12H17NO4.